The summed E-state index contributed by atoms with van der Waals surface area (Å²) >= 11 is 1.23. The fourth-order valence-electron chi connectivity index (χ4n) is 2.76. The zero-order valence-corrected chi connectivity index (χ0v) is 16.1. The molecule has 0 unspecified atom stereocenters. The summed E-state index contributed by atoms with van der Waals surface area (Å²) in [6.45, 7) is 0.198. The molecule has 28 heavy (non-hydrogen) atoms. The molecule has 0 saturated carbocycles. The molecule has 4 N–H and O–H groups in total. The Hall–Kier alpha value is -3.26. The van der Waals surface area contributed by atoms with Crippen molar-refractivity contribution in [1.29, 1.82) is 0 Å². The number of hydrogen-bond acceptors (Lipinski definition) is 4. The van der Waals surface area contributed by atoms with Gasteiger partial charge in [0.15, 0.2) is 0 Å². The third kappa shape index (κ3) is 4.52. The van der Waals surface area contributed by atoms with Crippen LogP contribution in [0.25, 0.3) is 10.9 Å². The Morgan fingerprint density at radius 2 is 1.89 bits per heavy atom. The Morgan fingerprint density at radius 1 is 1.11 bits per heavy atom. The zero-order valence-electron chi connectivity index (χ0n) is 15.3. The number of aromatic nitrogens is 1. The maximum Gasteiger partial charge on any atom is 0.256 e. The third-order valence-corrected chi connectivity index (χ3v) is 5.22. The van der Waals surface area contributed by atoms with Crippen LogP contribution in [0.1, 0.15) is 10.4 Å². The number of nitrogens with zero attached hydrogens (tertiary/aromatic N) is 1. The molecule has 3 rings (SSSR count). The van der Waals surface area contributed by atoms with Gasteiger partial charge in [0.25, 0.3) is 5.91 Å². The van der Waals surface area contributed by atoms with Crippen LogP contribution in [0.3, 0.4) is 0 Å². The largest absolute Gasteiger partial charge is 0.369 e. The number of fused-ring (bicyclic) bond motifs is 1. The molecule has 3 amide bonds. The van der Waals surface area contributed by atoms with Gasteiger partial charge in [-0.15, -0.1) is 11.8 Å². The number of likely N-dealkylation sites (N-methyl/N-ethyl adjacent to an activating group) is 1. The molecule has 0 aliphatic carbocycles. The van der Waals surface area contributed by atoms with Gasteiger partial charge in [-0.05, 0) is 35.7 Å². The number of carbonyl (C=O) groups is 3. The molecule has 1 heterocycles. The van der Waals surface area contributed by atoms with Crippen molar-refractivity contribution in [1.82, 2.24) is 9.88 Å². The second-order valence-electron chi connectivity index (χ2n) is 6.10. The SMILES string of the molecule is CNC(=O)Cn1ccc2ccc(NC(=O)c3ccccc3SCC(N)=O)cc21. The minimum absolute atomic E-state index is 0.100. The van der Waals surface area contributed by atoms with Crippen LogP contribution < -0.4 is 16.4 Å². The topological polar surface area (TPSA) is 106 Å². The Bertz CT molecular complexity index is 1040. The molecule has 0 atom stereocenters. The van der Waals surface area contributed by atoms with Crippen molar-refractivity contribution in [3.63, 3.8) is 0 Å². The zero-order chi connectivity index (χ0) is 20.1. The summed E-state index contributed by atoms with van der Waals surface area (Å²) in [7, 11) is 1.59. The number of rotatable bonds is 7. The Labute approximate surface area is 166 Å². The van der Waals surface area contributed by atoms with Crippen molar-refractivity contribution >= 4 is 46.1 Å². The monoisotopic (exact) mass is 396 g/mol. The maximum absolute atomic E-state index is 12.8. The number of anilines is 1. The van der Waals surface area contributed by atoms with E-state index in [9.17, 15) is 14.4 Å². The van der Waals surface area contributed by atoms with Crippen molar-refractivity contribution in [2.45, 2.75) is 11.4 Å². The van der Waals surface area contributed by atoms with E-state index in [2.05, 4.69) is 10.6 Å². The normalized spacial score (nSPS) is 10.6. The molecule has 0 spiro atoms. The van der Waals surface area contributed by atoms with E-state index in [-0.39, 0.29) is 24.1 Å². The van der Waals surface area contributed by atoms with E-state index in [4.69, 9.17) is 5.73 Å². The molecule has 0 fully saturated rings. The van der Waals surface area contributed by atoms with Gasteiger partial charge in [0.05, 0.1) is 16.8 Å². The highest BCUT2D eigenvalue weighted by molar-refractivity contribution is 8.00. The molecule has 7 nitrogen and oxygen atoms in total. The molecular weight excluding hydrogens is 376 g/mol. The van der Waals surface area contributed by atoms with Crippen LogP contribution >= 0.6 is 11.8 Å². The van der Waals surface area contributed by atoms with Gasteiger partial charge in [-0.3, -0.25) is 14.4 Å². The molecule has 0 bridgehead atoms. The number of benzene rings is 2. The number of nitrogens with one attached hydrogen (secondary N) is 2. The Kier molecular flexibility index (Phi) is 6.00. The Morgan fingerprint density at radius 3 is 2.64 bits per heavy atom. The van der Waals surface area contributed by atoms with Crippen molar-refractivity contribution in [2.24, 2.45) is 5.73 Å². The van der Waals surface area contributed by atoms with Gasteiger partial charge in [-0.2, -0.15) is 0 Å². The smallest absolute Gasteiger partial charge is 0.256 e. The summed E-state index contributed by atoms with van der Waals surface area (Å²) in [4.78, 5) is 36.2. The third-order valence-electron chi connectivity index (χ3n) is 4.13. The van der Waals surface area contributed by atoms with E-state index in [1.165, 1.54) is 11.8 Å². The van der Waals surface area contributed by atoms with Crippen molar-refractivity contribution in [2.75, 3.05) is 18.1 Å². The van der Waals surface area contributed by atoms with Gasteiger partial charge < -0.3 is 20.9 Å². The summed E-state index contributed by atoms with van der Waals surface area (Å²) in [6.07, 6.45) is 1.83. The summed E-state index contributed by atoms with van der Waals surface area (Å²) in [5.74, 6) is -0.727. The number of hydrogen-bond donors (Lipinski definition) is 3. The fraction of sp³-hybridized carbons (Fsp3) is 0.150. The number of thioether (sulfide) groups is 1. The van der Waals surface area contributed by atoms with Crippen LogP contribution in [0.4, 0.5) is 5.69 Å². The van der Waals surface area contributed by atoms with Crippen LogP contribution in [0.15, 0.2) is 59.6 Å². The second kappa shape index (κ2) is 8.62. The average molecular weight is 396 g/mol. The molecule has 0 saturated heterocycles. The van der Waals surface area contributed by atoms with E-state index in [0.717, 1.165) is 10.9 Å². The van der Waals surface area contributed by atoms with Gasteiger partial charge in [0.2, 0.25) is 11.8 Å². The van der Waals surface area contributed by atoms with E-state index in [1.807, 2.05) is 35.0 Å². The van der Waals surface area contributed by atoms with E-state index >= 15 is 0 Å². The lowest BCUT2D eigenvalue weighted by Crippen LogP contribution is -2.23. The predicted octanol–water partition coefficient (Wildman–Crippen LogP) is 2.22. The quantitative estimate of drug-likeness (QED) is 0.532. The van der Waals surface area contributed by atoms with Gasteiger partial charge >= 0.3 is 0 Å². The lowest BCUT2D eigenvalue weighted by molar-refractivity contribution is -0.121. The summed E-state index contributed by atoms with van der Waals surface area (Å²) in [5, 5.41) is 6.45. The van der Waals surface area contributed by atoms with Crippen LogP contribution in [0, 0.1) is 0 Å². The minimum Gasteiger partial charge on any atom is -0.369 e. The van der Waals surface area contributed by atoms with Crippen LogP contribution in [0.2, 0.25) is 0 Å². The van der Waals surface area contributed by atoms with Gasteiger partial charge in [0, 0.05) is 23.8 Å². The van der Waals surface area contributed by atoms with Crippen LogP contribution in [-0.4, -0.2) is 35.1 Å². The summed E-state index contributed by atoms with van der Waals surface area (Å²) in [5.41, 5.74) is 7.13. The highest BCUT2D eigenvalue weighted by Gasteiger charge is 2.13. The predicted molar refractivity (Wildman–Crippen MR) is 110 cm³/mol. The highest BCUT2D eigenvalue weighted by Crippen LogP contribution is 2.25. The molecule has 144 valence electrons. The molecule has 2 aromatic carbocycles. The van der Waals surface area contributed by atoms with Crippen molar-refractivity contribution in [3.05, 3.63) is 60.3 Å². The van der Waals surface area contributed by atoms with Crippen molar-refractivity contribution < 1.29 is 14.4 Å². The maximum atomic E-state index is 12.8. The molecule has 0 radical (unpaired) electrons. The van der Waals surface area contributed by atoms with E-state index < -0.39 is 5.91 Å². The first kappa shape index (κ1) is 19.5. The first-order valence-electron chi connectivity index (χ1n) is 8.59. The van der Waals surface area contributed by atoms with Gasteiger partial charge in [-0.25, -0.2) is 0 Å². The number of primary amides is 1. The number of amides is 3. The lowest BCUT2D eigenvalue weighted by atomic mass is 10.2. The van der Waals surface area contributed by atoms with Gasteiger partial charge in [-0.1, -0.05) is 18.2 Å². The molecule has 0 aliphatic rings. The average Bonchev–Trinajstić information content (AvgIpc) is 3.08. The minimum atomic E-state index is -0.442. The van der Waals surface area contributed by atoms with Crippen LogP contribution in [-0.2, 0) is 16.1 Å². The van der Waals surface area contributed by atoms with E-state index in [1.54, 1.807) is 31.3 Å². The number of nitrogens with two attached hydrogens (primary N) is 1. The van der Waals surface area contributed by atoms with Gasteiger partial charge in [0.1, 0.15) is 6.54 Å². The summed E-state index contributed by atoms with van der Waals surface area (Å²) < 4.78 is 1.82. The first-order chi connectivity index (χ1) is 13.5. The molecule has 8 heteroatoms. The standard InChI is InChI=1S/C20H20N4O3S/c1-22-19(26)11-24-9-8-13-6-7-14(10-16(13)24)23-20(27)15-4-2-3-5-17(15)28-12-18(21)25/h2-10H,11-12H2,1H3,(H2,21,25)(H,22,26)(H,23,27). The molecule has 3 aromatic rings. The molecular formula is C20H20N4O3S. The highest BCUT2D eigenvalue weighted by atomic mass is 32.2. The van der Waals surface area contributed by atoms with Crippen molar-refractivity contribution in [3.8, 4) is 0 Å². The number of carbonyl (C=O) groups excluding carboxylic acids is 3. The fourth-order valence-corrected chi connectivity index (χ4v) is 3.55. The second-order valence-corrected chi connectivity index (χ2v) is 7.11. The van der Waals surface area contributed by atoms with Crippen LogP contribution in [0.5, 0.6) is 0 Å². The summed E-state index contributed by atoms with van der Waals surface area (Å²) in [6, 6.07) is 14.5. The molecule has 1 aromatic heterocycles. The van der Waals surface area contributed by atoms with E-state index in [0.29, 0.717) is 16.1 Å². The Balaban J connectivity index is 1.83. The molecule has 0 aliphatic heterocycles. The first-order valence-corrected chi connectivity index (χ1v) is 9.57. The lowest BCUT2D eigenvalue weighted by Gasteiger charge is -2.10.